The van der Waals surface area contributed by atoms with Gasteiger partial charge in [-0.2, -0.15) is 0 Å². The second kappa shape index (κ2) is 3.69. The summed E-state index contributed by atoms with van der Waals surface area (Å²) in [6.45, 7) is 1.69. The Hall–Kier alpha value is -1.31. The minimum absolute atomic E-state index is 0.287. The summed E-state index contributed by atoms with van der Waals surface area (Å²) in [6, 6.07) is 8.52. The topological polar surface area (TPSA) is 20.3 Å². The Labute approximate surface area is 90.9 Å². The zero-order valence-electron chi connectivity index (χ0n) is 9.53. The molecule has 2 rings (SSSR count). The normalized spacial score (nSPS) is 23.7. The quantitative estimate of drug-likeness (QED) is 0.752. The number of benzene rings is 1. The van der Waals surface area contributed by atoms with Crippen molar-refractivity contribution < 1.29 is 4.79 Å². The molecule has 2 heteroatoms. The van der Waals surface area contributed by atoms with E-state index in [4.69, 9.17) is 0 Å². The molecule has 2 atom stereocenters. The van der Waals surface area contributed by atoms with Crippen LogP contribution in [0.15, 0.2) is 24.3 Å². The molecule has 0 N–H and O–H groups in total. The molecule has 2 nitrogen and oxygen atoms in total. The molecule has 1 saturated carbocycles. The number of carbonyl (C=O) groups excluding carboxylic acids is 1. The third-order valence-electron chi connectivity index (χ3n) is 3.15. The fourth-order valence-corrected chi connectivity index (χ4v) is 2.03. The largest absolute Gasteiger partial charge is 0.378 e. The van der Waals surface area contributed by atoms with Crippen LogP contribution in [0.4, 0.5) is 5.69 Å². The SMILES string of the molecule is CC(=O)[C@@H]1C[C@H]1c1ccc(N(C)C)cc1. The summed E-state index contributed by atoms with van der Waals surface area (Å²) in [7, 11) is 4.06. The van der Waals surface area contributed by atoms with Crippen molar-refractivity contribution in [2.24, 2.45) is 5.92 Å². The summed E-state index contributed by atoms with van der Waals surface area (Å²) in [5.41, 5.74) is 2.51. The first-order chi connectivity index (χ1) is 7.09. The highest BCUT2D eigenvalue weighted by Gasteiger charge is 2.41. The van der Waals surface area contributed by atoms with E-state index in [9.17, 15) is 4.79 Å². The van der Waals surface area contributed by atoms with Crippen LogP contribution in [0.5, 0.6) is 0 Å². The van der Waals surface area contributed by atoms with Crippen molar-refractivity contribution >= 4 is 11.5 Å². The molecule has 0 radical (unpaired) electrons. The van der Waals surface area contributed by atoms with E-state index in [1.807, 2.05) is 14.1 Å². The lowest BCUT2D eigenvalue weighted by Gasteiger charge is -2.12. The lowest BCUT2D eigenvalue weighted by Crippen LogP contribution is -2.08. The van der Waals surface area contributed by atoms with Gasteiger partial charge in [0.15, 0.2) is 0 Å². The summed E-state index contributed by atoms with van der Waals surface area (Å²) in [5, 5.41) is 0. The number of ketones is 1. The Bertz CT molecular complexity index is 367. The molecule has 0 aromatic heterocycles. The van der Waals surface area contributed by atoms with Crippen molar-refractivity contribution in [2.75, 3.05) is 19.0 Å². The summed E-state index contributed by atoms with van der Waals surface area (Å²) in [5.74, 6) is 1.10. The maximum absolute atomic E-state index is 11.2. The number of nitrogens with zero attached hydrogens (tertiary/aromatic N) is 1. The maximum Gasteiger partial charge on any atom is 0.133 e. The van der Waals surface area contributed by atoms with Crippen LogP contribution in [0, 0.1) is 5.92 Å². The molecule has 1 fully saturated rings. The fourth-order valence-electron chi connectivity index (χ4n) is 2.03. The van der Waals surface area contributed by atoms with Gasteiger partial charge in [0.2, 0.25) is 0 Å². The molecule has 1 aliphatic rings. The van der Waals surface area contributed by atoms with Crippen LogP contribution in [0.1, 0.15) is 24.8 Å². The molecule has 0 heterocycles. The van der Waals surface area contributed by atoms with Gasteiger partial charge in [0.05, 0.1) is 0 Å². The standard InChI is InChI=1S/C13H17NO/c1-9(15)12-8-13(12)10-4-6-11(7-5-10)14(2)3/h4-7,12-13H,8H2,1-3H3/t12-,13-/m0/s1. The highest BCUT2D eigenvalue weighted by atomic mass is 16.1. The number of hydrogen-bond acceptors (Lipinski definition) is 2. The zero-order valence-corrected chi connectivity index (χ0v) is 9.53. The molecular weight excluding hydrogens is 186 g/mol. The summed E-state index contributed by atoms with van der Waals surface area (Å²) < 4.78 is 0. The fraction of sp³-hybridized carbons (Fsp3) is 0.462. The summed E-state index contributed by atoms with van der Waals surface area (Å²) in [4.78, 5) is 13.2. The highest BCUT2D eigenvalue weighted by Crippen LogP contribution is 2.48. The first kappa shape index (κ1) is 10.2. The predicted octanol–water partition coefficient (Wildman–Crippen LogP) is 2.45. The number of anilines is 1. The van der Waals surface area contributed by atoms with Crippen molar-refractivity contribution in [2.45, 2.75) is 19.3 Å². The third kappa shape index (κ3) is 2.04. The first-order valence-electron chi connectivity index (χ1n) is 5.37. The molecule has 0 unspecified atom stereocenters. The molecular formula is C13H17NO. The van der Waals surface area contributed by atoms with Gasteiger partial charge >= 0.3 is 0 Å². The van der Waals surface area contributed by atoms with Gasteiger partial charge in [-0.3, -0.25) is 4.79 Å². The first-order valence-corrected chi connectivity index (χ1v) is 5.37. The Morgan fingerprint density at radius 2 is 1.87 bits per heavy atom. The second-order valence-electron chi connectivity index (χ2n) is 4.55. The van der Waals surface area contributed by atoms with Gasteiger partial charge in [-0.05, 0) is 37.0 Å². The molecule has 1 aliphatic carbocycles. The van der Waals surface area contributed by atoms with Crippen molar-refractivity contribution in [1.29, 1.82) is 0 Å². The van der Waals surface area contributed by atoms with E-state index in [2.05, 4.69) is 29.2 Å². The number of Topliss-reactive ketones (excluding diaryl/α,β-unsaturated/α-hetero) is 1. The van der Waals surface area contributed by atoms with Gasteiger partial charge in [0.1, 0.15) is 5.78 Å². The molecule has 0 saturated heterocycles. The van der Waals surface area contributed by atoms with Gasteiger partial charge in [-0.25, -0.2) is 0 Å². The van der Waals surface area contributed by atoms with Crippen LogP contribution in [-0.4, -0.2) is 19.9 Å². The molecule has 0 aliphatic heterocycles. The zero-order chi connectivity index (χ0) is 11.0. The molecule has 80 valence electrons. The lowest BCUT2D eigenvalue weighted by atomic mass is 10.1. The molecule has 1 aromatic carbocycles. The highest BCUT2D eigenvalue weighted by molar-refractivity contribution is 5.82. The van der Waals surface area contributed by atoms with E-state index in [1.165, 1.54) is 11.3 Å². The number of hydrogen-bond donors (Lipinski definition) is 0. The van der Waals surface area contributed by atoms with Crippen LogP contribution in [0.3, 0.4) is 0 Å². The van der Waals surface area contributed by atoms with Crippen molar-refractivity contribution in [3.63, 3.8) is 0 Å². The van der Waals surface area contributed by atoms with E-state index >= 15 is 0 Å². The maximum atomic E-state index is 11.2. The van der Waals surface area contributed by atoms with Crippen molar-refractivity contribution in [3.05, 3.63) is 29.8 Å². The van der Waals surface area contributed by atoms with E-state index in [0.717, 1.165) is 6.42 Å². The molecule has 1 aromatic rings. The van der Waals surface area contributed by atoms with Gasteiger partial charge in [0, 0.05) is 25.7 Å². The number of rotatable bonds is 3. The van der Waals surface area contributed by atoms with E-state index in [0.29, 0.717) is 11.7 Å². The second-order valence-corrected chi connectivity index (χ2v) is 4.55. The molecule has 0 amide bonds. The number of carbonyl (C=O) groups is 1. The smallest absolute Gasteiger partial charge is 0.133 e. The van der Waals surface area contributed by atoms with Crippen LogP contribution < -0.4 is 4.90 Å². The van der Waals surface area contributed by atoms with Crippen molar-refractivity contribution in [1.82, 2.24) is 0 Å². The molecule has 0 bridgehead atoms. The van der Waals surface area contributed by atoms with E-state index in [-0.39, 0.29) is 5.92 Å². The van der Waals surface area contributed by atoms with Crippen LogP contribution in [0.25, 0.3) is 0 Å². The minimum atomic E-state index is 0.287. The minimum Gasteiger partial charge on any atom is -0.378 e. The van der Waals surface area contributed by atoms with E-state index in [1.54, 1.807) is 6.92 Å². The summed E-state index contributed by atoms with van der Waals surface area (Å²) >= 11 is 0. The Morgan fingerprint density at radius 3 is 2.27 bits per heavy atom. The van der Waals surface area contributed by atoms with Gasteiger partial charge in [-0.1, -0.05) is 12.1 Å². The van der Waals surface area contributed by atoms with Gasteiger partial charge in [-0.15, -0.1) is 0 Å². The molecule has 0 spiro atoms. The Morgan fingerprint density at radius 1 is 1.27 bits per heavy atom. The Balaban J connectivity index is 2.09. The van der Waals surface area contributed by atoms with Gasteiger partial charge < -0.3 is 4.90 Å². The lowest BCUT2D eigenvalue weighted by molar-refractivity contribution is -0.118. The average molecular weight is 203 g/mol. The third-order valence-corrected chi connectivity index (χ3v) is 3.15. The van der Waals surface area contributed by atoms with Gasteiger partial charge in [0.25, 0.3) is 0 Å². The van der Waals surface area contributed by atoms with E-state index < -0.39 is 0 Å². The molecule has 15 heavy (non-hydrogen) atoms. The monoisotopic (exact) mass is 203 g/mol. The predicted molar refractivity (Wildman–Crippen MR) is 62.3 cm³/mol. The van der Waals surface area contributed by atoms with Crippen LogP contribution in [0.2, 0.25) is 0 Å². The average Bonchev–Trinajstić information content (AvgIpc) is 2.97. The summed E-state index contributed by atoms with van der Waals surface area (Å²) in [6.07, 6.45) is 1.04. The van der Waals surface area contributed by atoms with Crippen molar-refractivity contribution in [3.8, 4) is 0 Å². The van der Waals surface area contributed by atoms with Crippen LogP contribution >= 0.6 is 0 Å². The van der Waals surface area contributed by atoms with Crippen LogP contribution in [-0.2, 0) is 4.79 Å². The Kier molecular flexibility index (Phi) is 2.51.